The van der Waals surface area contributed by atoms with Crippen LogP contribution in [0.1, 0.15) is 0 Å². The van der Waals surface area contributed by atoms with Gasteiger partial charge in [0.25, 0.3) is 0 Å². The molecular weight excluding hydrogens is 392 g/mol. The van der Waals surface area contributed by atoms with Crippen LogP contribution in [0.3, 0.4) is 0 Å². The molecular formula is C8N12O8-2. The van der Waals surface area contributed by atoms with Crippen molar-refractivity contribution in [2.45, 2.75) is 0 Å². The number of nitro groups is 2. The first kappa shape index (κ1) is 16.4. The molecule has 20 heteroatoms. The van der Waals surface area contributed by atoms with Gasteiger partial charge in [0.1, 0.15) is 0 Å². The van der Waals surface area contributed by atoms with Crippen LogP contribution in [-0.4, -0.2) is 51.0 Å². The molecule has 0 saturated carbocycles. The van der Waals surface area contributed by atoms with Crippen molar-refractivity contribution in [3.63, 3.8) is 0 Å². The van der Waals surface area contributed by atoms with Gasteiger partial charge < -0.3 is 18.3 Å². The van der Waals surface area contributed by atoms with E-state index >= 15 is 0 Å². The molecule has 4 rings (SSSR count). The largest absolute Gasteiger partial charge is 0.348 e. The monoisotopic (exact) mass is 392 g/mol. The van der Waals surface area contributed by atoms with Crippen LogP contribution in [-0.2, 0) is 0 Å². The van der Waals surface area contributed by atoms with E-state index in [0.29, 0.717) is 0 Å². The lowest BCUT2D eigenvalue weighted by atomic mass is 10.4. The van der Waals surface area contributed by atoms with E-state index < -0.39 is 21.7 Å². The van der Waals surface area contributed by atoms with Crippen molar-refractivity contribution < 1.29 is 28.4 Å². The van der Waals surface area contributed by atoms with Gasteiger partial charge in [0, 0.05) is 0 Å². The van der Waals surface area contributed by atoms with Crippen LogP contribution >= 0.6 is 0 Å². The molecule has 0 atom stereocenters. The Hall–Kier alpha value is -5.04. The summed E-state index contributed by atoms with van der Waals surface area (Å²) in [6, 6.07) is 0. The molecule has 20 nitrogen and oxygen atoms in total. The molecule has 0 bridgehead atoms. The van der Waals surface area contributed by atoms with Crippen molar-refractivity contribution in [3.05, 3.63) is 31.1 Å². The van der Waals surface area contributed by atoms with Gasteiger partial charge in [0.2, 0.25) is 11.6 Å². The first-order valence-electron chi connectivity index (χ1n) is 6.57. The van der Waals surface area contributed by atoms with E-state index in [-0.39, 0.29) is 34.8 Å². The van der Waals surface area contributed by atoms with E-state index in [1.807, 2.05) is 0 Å². The zero-order valence-corrected chi connectivity index (χ0v) is 12.6. The Morgan fingerprint density at radius 3 is 1.50 bits per heavy atom. The Balaban J connectivity index is 1.61. The van der Waals surface area contributed by atoms with Crippen molar-refractivity contribution in [1.82, 2.24) is 40.9 Å². The normalized spacial score (nSPS) is 10.7. The van der Waals surface area contributed by atoms with Gasteiger partial charge in [-0.15, -0.1) is 10.9 Å². The van der Waals surface area contributed by atoms with E-state index in [1.54, 1.807) is 0 Å². The molecule has 0 aliphatic heterocycles. The van der Waals surface area contributed by atoms with Crippen LogP contribution in [0.25, 0.3) is 45.7 Å². The zero-order valence-electron chi connectivity index (χ0n) is 12.6. The van der Waals surface area contributed by atoms with Gasteiger partial charge in [-0.05, 0) is 0 Å². The third kappa shape index (κ3) is 2.98. The van der Waals surface area contributed by atoms with Crippen molar-refractivity contribution in [1.29, 1.82) is 0 Å². The molecule has 4 heterocycles. The lowest BCUT2D eigenvalue weighted by molar-refractivity contribution is -0.419. The van der Waals surface area contributed by atoms with E-state index in [9.17, 15) is 20.2 Å². The van der Waals surface area contributed by atoms with Gasteiger partial charge in [0.05, 0.1) is 21.7 Å². The summed E-state index contributed by atoms with van der Waals surface area (Å²) in [4.78, 5) is 28.6. The van der Waals surface area contributed by atoms with Gasteiger partial charge >= 0.3 is 11.8 Å². The highest BCUT2D eigenvalue weighted by Crippen LogP contribution is 2.31. The molecule has 0 fully saturated rings. The topological polar surface area (TPSA) is 270 Å². The quantitative estimate of drug-likeness (QED) is 0.307. The summed E-state index contributed by atoms with van der Waals surface area (Å²) in [5, 5.41) is 39.1. The third-order valence-corrected chi connectivity index (χ3v) is 2.75. The predicted octanol–water partition coefficient (Wildman–Crippen LogP) is 0.613. The minimum absolute atomic E-state index is 0.274. The second-order valence-electron chi connectivity index (χ2n) is 4.39. The number of hydrogen-bond acceptors (Lipinski definition) is 16. The summed E-state index contributed by atoms with van der Waals surface area (Å²) in [5.41, 5.74) is 5.32. The first-order chi connectivity index (χ1) is 13.5. The van der Waals surface area contributed by atoms with Crippen LogP contribution in [0.2, 0.25) is 0 Å². The fourth-order valence-electron chi connectivity index (χ4n) is 1.75. The summed E-state index contributed by atoms with van der Waals surface area (Å²) in [5.74, 6) is -2.19. The van der Waals surface area contributed by atoms with Gasteiger partial charge in [-0.1, -0.05) is 20.6 Å². The van der Waals surface area contributed by atoms with Crippen LogP contribution in [0.5, 0.6) is 0 Å². The van der Waals surface area contributed by atoms with E-state index in [0.717, 1.165) is 0 Å². The van der Waals surface area contributed by atoms with Gasteiger partial charge in [-0.3, -0.25) is 30.5 Å². The molecule has 0 aromatic carbocycles. The zero-order chi connectivity index (χ0) is 19.7. The maximum Gasteiger partial charge on any atom is 0.316 e. The fraction of sp³-hybridized carbons (Fsp3) is 0. The molecule has 4 aromatic heterocycles. The number of nitrogens with zero attached hydrogens (tertiary/aromatic N) is 12. The molecule has 0 saturated heterocycles. The summed E-state index contributed by atoms with van der Waals surface area (Å²) < 4.78 is 18.5. The average molecular weight is 392 g/mol. The van der Waals surface area contributed by atoms with Crippen molar-refractivity contribution in [2.75, 3.05) is 0 Å². The van der Waals surface area contributed by atoms with E-state index in [1.165, 1.54) is 0 Å². The molecule has 28 heavy (non-hydrogen) atoms. The number of hydrogen-bond donors (Lipinski definition) is 0. The Labute approximate surface area is 148 Å². The smallest absolute Gasteiger partial charge is 0.316 e. The van der Waals surface area contributed by atoms with Crippen LogP contribution in [0.15, 0.2) is 18.3 Å². The van der Waals surface area contributed by atoms with Gasteiger partial charge in [-0.25, -0.2) is 0 Å². The molecule has 0 amide bonds. The standard InChI is InChI=1S/C8N12O8/c21-19(22)11-5-1(13-27-17-5)3-9-7(25-15-3)8-10-4(16-26-8)2-6(12-20(23)24)18-28-14-2/q-2. The number of rotatable bonds is 7. The Morgan fingerprint density at radius 2 is 1.11 bits per heavy atom. The Kier molecular flexibility index (Phi) is 3.73. The minimum atomic E-state index is -1.02. The predicted molar refractivity (Wildman–Crippen MR) is 74.2 cm³/mol. The average Bonchev–Trinajstić information content (AvgIpc) is 3.40. The SMILES string of the molecule is O=[N+]([O-])[N-]c1nonc1-c1noc(-c2nc(-c3nonc3[N-][N+](=O)[O-])no2)n1. The van der Waals surface area contributed by atoms with Crippen molar-refractivity contribution in [3.8, 4) is 34.8 Å². The summed E-state index contributed by atoms with van der Waals surface area (Å²) in [6.07, 6.45) is 0. The molecule has 0 unspecified atom stereocenters. The molecule has 0 spiro atoms. The molecule has 0 radical (unpaired) electrons. The van der Waals surface area contributed by atoms with E-state index in [4.69, 9.17) is 9.05 Å². The van der Waals surface area contributed by atoms with Crippen LogP contribution in [0.4, 0.5) is 11.6 Å². The molecule has 0 aliphatic rings. The second-order valence-corrected chi connectivity index (χ2v) is 4.39. The molecule has 0 N–H and O–H groups in total. The first-order valence-corrected chi connectivity index (χ1v) is 6.57. The Bertz CT molecular complexity index is 1070. The van der Waals surface area contributed by atoms with Gasteiger partial charge in [0.15, 0.2) is 11.4 Å². The Morgan fingerprint density at radius 1 is 0.679 bits per heavy atom. The highest BCUT2D eigenvalue weighted by molar-refractivity contribution is 5.67. The third-order valence-electron chi connectivity index (χ3n) is 2.75. The molecule has 142 valence electrons. The summed E-state index contributed by atoms with van der Waals surface area (Å²) >= 11 is 0. The van der Waals surface area contributed by atoms with Crippen LogP contribution in [0, 0.1) is 20.2 Å². The maximum absolute atomic E-state index is 10.5. The van der Waals surface area contributed by atoms with Crippen molar-refractivity contribution in [2.24, 2.45) is 0 Å². The fourth-order valence-corrected chi connectivity index (χ4v) is 1.75. The lowest BCUT2D eigenvalue weighted by Gasteiger charge is -1.97. The highest BCUT2D eigenvalue weighted by Gasteiger charge is 2.22. The minimum Gasteiger partial charge on any atom is -0.348 e. The molecule has 0 aliphatic carbocycles. The van der Waals surface area contributed by atoms with E-state index in [2.05, 4.69) is 61.0 Å². The second kappa shape index (κ2) is 6.36. The summed E-state index contributed by atoms with van der Waals surface area (Å²) in [6.45, 7) is 0. The summed E-state index contributed by atoms with van der Waals surface area (Å²) in [7, 11) is 0. The van der Waals surface area contributed by atoms with Crippen LogP contribution < -0.4 is 0 Å². The molecule has 4 aromatic rings. The highest BCUT2D eigenvalue weighted by atomic mass is 16.7. The maximum atomic E-state index is 10.5. The van der Waals surface area contributed by atoms with Gasteiger partial charge in [-0.2, -0.15) is 9.97 Å². The number of aromatic nitrogens is 8. The lowest BCUT2D eigenvalue weighted by Crippen LogP contribution is -1.89. The van der Waals surface area contributed by atoms with Crippen molar-refractivity contribution >= 4 is 11.6 Å².